The Labute approximate surface area is 179 Å². The van der Waals surface area contributed by atoms with Crippen LogP contribution >= 0.6 is 0 Å². The van der Waals surface area contributed by atoms with Crippen molar-refractivity contribution in [3.8, 4) is 0 Å². The second kappa shape index (κ2) is 8.85. The van der Waals surface area contributed by atoms with E-state index in [0.29, 0.717) is 36.6 Å². The summed E-state index contributed by atoms with van der Waals surface area (Å²) in [4.78, 5) is 32.8. The first kappa shape index (κ1) is 21.0. The maximum Gasteiger partial charge on any atom is 0.321 e. The third-order valence-corrected chi connectivity index (χ3v) is 5.43. The quantitative estimate of drug-likeness (QED) is 0.330. The van der Waals surface area contributed by atoms with E-state index in [-0.39, 0.29) is 12.5 Å². The molecule has 0 radical (unpaired) electrons. The third-order valence-electron chi connectivity index (χ3n) is 5.43. The lowest BCUT2D eigenvalue weighted by atomic mass is 9.89. The molecular weight excluding hydrogens is 401 g/mol. The number of fused-ring (bicyclic) bond motifs is 3. The lowest BCUT2D eigenvalue weighted by Crippen LogP contribution is -2.50. The average molecular weight is 425 g/mol. The Kier molecular flexibility index (Phi) is 5.99. The van der Waals surface area contributed by atoms with Gasteiger partial charge < -0.3 is 14.0 Å². The van der Waals surface area contributed by atoms with Gasteiger partial charge in [0.1, 0.15) is 5.82 Å². The van der Waals surface area contributed by atoms with Crippen molar-refractivity contribution in [1.82, 2.24) is 9.55 Å². The summed E-state index contributed by atoms with van der Waals surface area (Å²) in [6, 6.07) is 12.6. The number of aromatic nitrogens is 2. The van der Waals surface area contributed by atoms with Gasteiger partial charge in [-0.1, -0.05) is 24.3 Å². The third kappa shape index (κ3) is 3.79. The Morgan fingerprint density at radius 2 is 1.90 bits per heavy atom. The number of hydrogen-bond donors (Lipinski definition) is 0. The van der Waals surface area contributed by atoms with Crippen molar-refractivity contribution >= 4 is 28.9 Å². The van der Waals surface area contributed by atoms with Crippen LogP contribution in [-0.2, 0) is 19.1 Å². The van der Waals surface area contributed by atoms with E-state index in [1.807, 2.05) is 28.8 Å². The van der Waals surface area contributed by atoms with Crippen LogP contribution in [0.5, 0.6) is 0 Å². The van der Waals surface area contributed by atoms with E-state index in [4.69, 9.17) is 14.5 Å². The molecule has 2 heterocycles. The van der Waals surface area contributed by atoms with Crippen LogP contribution in [-0.4, -0.2) is 48.3 Å². The van der Waals surface area contributed by atoms with Gasteiger partial charge in [-0.3, -0.25) is 14.5 Å². The fraction of sp³-hybridized carbons (Fsp3) is 0.348. The molecule has 162 valence electrons. The molecule has 8 heteroatoms. The number of methoxy groups -OCH3 is 1. The number of ether oxygens (including phenoxy) is 2. The first-order valence-electron chi connectivity index (χ1n) is 10.3. The molecule has 0 saturated heterocycles. The number of carbonyl (C=O) groups excluding carboxylic acids is 2. The van der Waals surface area contributed by atoms with Crippen molar-refractivity contribution < 1.29 is 23.5 Å². The Morgan fingerprint density at radius 1 is 1.16 bits per heavy atom. The fourth-order valence-corrected chi connectivity index (χ4v) is 4.09. The highest BCUT2D eigenvalue weighted by Crippen LogP contribution is 2.41. The molecule has 2 unspecified atom stereocenters. The Balaban J connectivity index is 1.93. The van der Waals surface area contributed by atoms with Crippen molar-refractivity contribution in [1.29, 1.82) is 0 Å². The van der Waals surface area contributed by atoms with Gasteiger partial charge in [0.25, 0.3) is 0 Å². The molecule has 0 bridgehead atoms. The highest BCUT2D eigenvalue weighted by Gasteiger charge is 2.47. The van der Waals surface area contributed by atoms with Gasteiger partial charge in [-0.15, -0.1) is 0 Å². The lowest BCUT2D eigenvalue weighted by molar-refractivity contribution is -0.153. The van der Waals surface area contributed by atoms with Crippen molar-refractivity contribution in [2.75, 3.05) is 31.8 Å². The predicted molar refractivity (Wildman–Crippen MR) is 113 cm³/mol. The maximum atomic E-state index is 13.6. The van der Waals surface area contributed by atoms with E-state index >= 15 is 0 Å². The fourth-order valence-electron chi connectivity index (χ4n) is 4.09. The van der Waals surface area contributed by atoms with E-state index in [1.54, 1.807) is 26.2 Å². The molecule has 7 nitrogen and oxygen atoms in total. The number of nitrogens with zero attached hydrogens (tertiary/aromatic N) is 3. The normalized spacial score (nSPS) is 18.3. The molecular formula is C23H24FN3O4. The Morgan fingerprint density at radius 3 is 2.61 bits per heavy atom. The summed E-state index contributed by atoms with van der Waals surface area (Å²) in [6.07, 6.45) is 0.586. The topological polar surface area (TPSA) is 73.7 Å². The molecule has 3 aromatic rings. The number of hydrogen-bond acceptors (Lipinski definition) is 5. The molecule has 1 amide bonds. The number of anilines is 1. The molecule has 2 aromatic carbocycles. The molecule has 1 aliphatic heterocycles. The predicted octanol–water partition coefficient (Wildman–Crippen LogP) is 3.33. The van der Waals surface area contributed by atoms with Crippen LogP contribution in [0.4, 0.5) is 10.3 Å². The molecule has 1 aliphatic rings. The first-order valence-corrected chi connectivity index (χ1v) is 10.3. The second-order valence-corrected chi connectivity index (χ2v) is 7.33. The molecule has 0 saturated carbocycles. The van der Waals surface area contributed by atoms with Crippen molar-refractivity contribution in [2.45, 2.75) is 19.4 Å². The molecule has 0 fully saturated rings. The summed E-state index contributed by atoms with van der Waals surface area (Å²) < 4.78 is 25.9. The van der Waals surface area contributed by atoms with Gasteiger partial charge in [0.15, 0.2) is 5.92 Å². The summed E-state index contributed by atoms with van der Waals surface area (Å²) in [5.74, 6) is -2.04. The smallest absolute Gasteiger partial charge is 0.321 e. The van der Waals surface area contributed by atoms with Crippen LogP contribution in [0.1, 0.15) is 24.9 Å². The minimum absolute atomic E-state index is 0.153. The number of imidazole rings is 1. The molecule has 1 aromatic heterocycles. The molecule has 4 rings (SSSR count). The minimum atomic E-state index is -1.11. The van der Waals surface area contributed by atoms with E-state index in [0.717, 1.165) is 5.52 Å². The molecule has 2 atom stereocenters. The number of para-hydroxylation sites is 2. The van der Waals surface area contributed by atoms with Gasteiger partial charge in [0.05, 0.1) is 23.7 Å². The highest BCUT2D eigenvalue weighted by atomic mass is 19.1. The zero-order chi connectivity index (χ0) is 22.0. The zero-order valence-corrected chi connectivity index (χ0v) is 17.5. The molecule has 31 heavy (non-hydrogen) atoms. The van der Waals surface area contributed by atoms with Crippen LogP contribution in [0.25, 0.3) is 11.0 Å². The standard InChI is InChI=1S/C23H24FN3O4/c1-3-31-22(29)19-20(15-9-11-16(24)12-10-15)27-18-8-5-4-7-17(18)25-23(27)26(21(19)28)13-6-14-30-2/h4-5,7-12,19-20H,3,6,13-14H2,1-2H3. The van der Waals surface area contributed by atoms with Crippen LogP contribution in [0.3, 0.4) is 0 Å². The number of carbonyl (C=O) groups is 2. The summed E-state index contributed by atoms with van der Waals surface area (Å²) in [5, 5.41) is 0. The van der Waals surface area contributed by atoms with Gasteiger partial charge in [-0.05, 0) is 43.2 Å². The summed E-state index contributed by atoms with van der Waals surface area (Å²) in [5.41, 5.74) is 2.12. The maximum absolute atomic E-state index is 13.6. The lowest BCUT2D eigenvalue weighted by Gasteiger charge is -2.38. The van der Waals surface area contributed by atoms with E-state index in [1.165, 1.54) is 17.0 Å². The number of rotatable bonds is 7. The van der Waals surface area contributed by atoms with E-state index in [2.05, 4.69) is 0 Å². The van der Waals surface area contributed by atoms with Gasteiger partial charge in [-0.25, -0.2) is 9.37 Å². The summed E-state index contributed by atoms with van der Waals surface area (Å²) >= 11 is 0. The van der Waals surface area contributed by atoms with Crippen molar-refractivity contribution in [3.05, 3.63) is 59.9 Å². The number of benzene rings is 2. The van der Waals surface area contributed by atoms with Gasteiger partial charge in [0, 0.05) is 20.3 Å². The van der Waals surface area contributed by atoms with Crippen LogP contribution < -0.4 is 4.90 Å². The first-order chi connectivity index (χ1) is 15.1. The van der Waals surface area contributed by atoms with Gasteiger partial charge in [0.2, 0.25) is 11.9 Å². The molecule has 0 spiro atoms. The second-order valence-electron chi connectivity index (χ2n) is 7.33. The minimum Gasteiger partial charge on any atom is -0.465 e. The average Bonchev–Trinajstić information content (AvgIpc) is 3.15. The van der Waals surface area contributed by atoms with Crippen LogP contribution in [0.2, 0.25) is 0 Å². The monoisotopic (exact) mass is 425 g/mol. The SMILES string of the molecule is CCOC(=O)C1C(=O)N(CCCOC)c2nc3ccccc3n2C1c1ccc(F)cc1. The molecule has 0 aliphatic carbocycles. The molecule has 0 N–H and O–H groups in total. The van der Waals surface area contributed by atoms with E-state index in [9.17, 15) is 14.0 Å². The van der Waals surface area contributed by atoms with Crippen molar-refractivity contribution in [3.63, 3.8) is 0 Å². The number of halogens is 1. The highest BCUT2D eigenvalue weighted by molar-refractivity contribution is 6.08. The number of esters is 1. The van der Waals surface area contributed by atoms with Crippen LogP contribution in [0.15, 0.2) is 48.5 Å². The van der Waals surface area contributed by atoms with Crippen molar-refractivity contribution in [2.24, 2.45) is 5.92 Å². The zero-order valence-electron chi connectivity index (χ0n) is 17.5. The number of amides is 1. The summed E-state index contributed by atoms with van der Waals surface area (Å²) in [7, 11) is 1.60. The Hall–Kier alpha value is -3.26. The Bertz CT molecular complexity index is 1100. The summed E-state index contributed by atoms with van der Waals surface area (Å²) in [6.45, 7) is 2.67. The van der Waals surface area contributed by atoms with E-state index < -0.39 is 23.7 Å². The van der Waals surface area contributed by atoms with Gasteiger partial charge in [-0.2, -0.15) is 0 Å². The van der Waals surface area contributed by atoms with Gasteiger partial charge >= 0.3 is 5.97 Å². The van der Waals surface area contributed by atoms with Crippen LogP contribution in [0, 0.1) is 11.7 Å². The largest absolute Gasteiger partial charge is 0.465 e.